The molecule has 0 spiro atoms. The normalized spacial score (nSPS) is 10.9. The maximum atomic E-state index is 14.8. The number of aliphatic carboxylic acids is 1. The minimum absolute atomic E-state index is 0.211. The molecule has 0 aromatic heterocycles. The number of aliphatic hydroxyl groups is 1. The second kappa shape index (κ2) is 11.7. The minimum atomic E-state index is -1.51. The molecule has 0 unspecified atom stereocenters. The standard InChI is InChI=1S/C20H20F3N3O6/c1-11-2-3-15(14(21)8-11)25-19-13(20(30)26-32-7-5-27)9-12(17(22)18(19)23)10-24-31-6-4-16(28)29/h2-3,8-10,25,27H,4-7H2,1H3,(H,26,30)(H,28,29)/b24-10+. The predicted octanol–water partition coefficient (Wildman–Crippen LogP) is 2.63. The lowest BCUT2D eigenvalue weighted by Gasteiger charge is -2.15. The molecule has 172 valence electrons. The molecule has 0 radical (unpaired) electrons. The second-order valence-corrected chi connectivity index (χ2v) is 6.34. The smallest absolute Gasteiger partial charge is 0.306 e. The highest BCUT2D eigenvalue weighted by Crippen LogP contribution is 2.30. The van der Waals surface area contributed by atoms with Crippen molar-refractivity contribution in [1.29, 1.82) is 0 Å². The summed E-state index contributed by atoms with van der Waals surface area (Å²) in [6, 6.07) is 4.89. The van der Waals surface area contributed by atoms with Crippen LogP contribution in [0.1, 0.15) is 27.9 Å². The van der Waals surface area contributed by atoms with Gasteiger partial charge in [0.1, 0.15) is 12.4 Å². The van der Waals surface area contributed by atoms with E-state index in [0.717, 1.165) is 18.3 Å². The average Bonchev–Trinajstić information content (AvgIpc) is 2.74. The van der Waals surface area contributed by atoms with Crippen LogP contribution < -0.4 is 10.8 Å². The lowest BCUT2D eigenvalue weighted by Crippen LogP contribution is -2.26. The third-order valence-corrected chi connectivity index (χ3v) is 3.90. The van der Waals surface area contributed by atoms with Crippen LogP contribution in [0.5, 0.6) is 0 Å². The first-order valence-electron chi connectivity index (χ1n) is 9.19. The van der Waals surface area contributed by atoms with E-state index in [2.05, 4.69) is 15.3 Å². The van der Waals surface area contributed by atoms with Gasteiger partial charge in [0.2, 0.25) is 0 Å². The van der Waals surface area contributed by atoms with E-state index in [4.69, 9.17) is 15.1 Å². The van der Waals surface area contributed by atoms with Crippen LogP contribution in [0.25, 0.3) is 0 Å². The zero-order valence-corrected chi connectivity index (χ0v) is 16.8. The summed E-state index contributed by atoms with van der Waals surface area (Å²) in [7, 11) is 0. The van der Waals surface area contributed by atoms with Gasteiger partial charge >= 0.3 is 5.97 Å². The van der Waals surface area contributed by atoms with Gasteiger partial charge in [-0.3, -0.25) is 14.4 Å². The van der Waals surface area contributed by atoms with Crippen molar-refractivity contribution in [1.82, 2.24) is 5.48 Å². The summed E-state index contributed by atoms with van der Waals surface area (Å²) in [5.74, 6) is -5.85. The Morgan fingerprint density at radius 2 is 1.91 bits per heavy atom. The first kappa shape index (κ1) is 24.6. The molecule has 1 amide bonds. The van der Waals surface area contributed by atoms with Gasteiger partial charge in [0.05, 0.1) is 42.8 Å². The van der Waals surface area contributed by atoms with Crippen LogP contribution in [0.3, 0.4) is 0 Å². The SMILES string of the molecule is Cc1ccc(Nc2c(C(=O)NOCCO)cc(/C=N/OCCC(=O)O)c(F)c2F)c(F)c1. The summed E-state index contributed by atoms with van der Waals surface area (Å²) in [5.41, 5.74) is 0.695. The van der Waals surface area contributed by atoms with Crippen LogP contribution in [-0.2, 0) is 14.5 Å². The number of hydrogen-bond donors (Lipinski definition) is 4. The van der Waals surface area contributed by atoms with E-state index in [0.29, 0.717) is 5.56 Å². The molecule has 4 N–H and O–H groups in total. The van der Waals surface area contributed by atoms with Crippen molar-refractivity contribution in [3.8, 4) is 0 Å². The van der Waals surface area contributed by atoms with Gasteiger partial charge in [-0.05, 0) is 30.7 Å². The van der Waals surface area contributed by atoms with E-state index >= 15 is 0 Å². The fourth-order valence-electron chi connectivity index (χ4n) is 2.39. The van der Waals surface area contributed by atoms with Crippen molar-refractivity contribution in [2.75, 3.05) is 25.1 Å². The molecule has 2 rings (SSSR count). The molecule has 0 fully saturated rings. The number of aryl methyl sites for hydroxylation is 1. The van der Waals surface area contributed by atoms with E-state index in [1.165, 1.54) is 12.1 Å². The van der Waals surface area contributed by atoms with Crippen molar-refractivity contribution in [2.45, 2.75) is 13.3 Å². The van der Waals surface area contributed by atoms with Crippen molar-refractivity contribution < 1.29 is 42.6 Å². The molecule has 12 heteroatoms. The highest BCUT2D eigenvalue weighted by atomic mass is 19.2. The number of carboxylic acids is 1. The van der Waals surface area contributed by atoms with Gasteiger partial charge in [-0.15, -0.1) is 0 Å². The number of carbonyl (C=O) groups excluding carboxylic acids is 1. The first-order valence-corrected chi connectivity index (χ1v) is 9.19. The summed E-state index contributed by atoms with van der Waals surface area (Å²) in [6.07, 6.45) is 0.386. The second-order valence-electron chi connectivity index (χ2n) is 6.34. The summed E-state index contributed by atoms with van der Waals surface area (Å²) in [5, 5.41) is 23.0. The van der Waals surface area contributed by atoms with Gasteiger partial charge in [0.15, 0.2) is 11.6 Å². The van der Waals surface area contributed by atoms with Gasteiger partial charge in [0.25, 0.3) is 5.91 Å². The largest absolute Gasteiger partial charge is 0.481 e. The number of carboxylic acid groups (broad SMARTS) is 1. The molecule has 0 atom stereocenters. The summed E-state index contributed by atoms with van der Waals surface area (Å²) < 4.78 is 43.6. The molecule has 9 nitrogen and oxygen atoms in total. The summed E-state index contributed by atoms with van der Waals surface area (Å²) >= 11 is 0. The molecule has 0 aliphatic heterocycles. The maximum absolute atomic E-state index is 14.8. The highest BCUT2D eigenvalue weighted by Gasteiger charge is 2.23. The number of anilines is 2. The Bertz CT molecular complexity index is 1020. The number of halogens is 3. The fourth-order valence-corrected chi connectivity index (χ4v) is 2.39. The van der Waals surface area contributed by atoms with Gasteiger partial charge in [-0.1, -0.05) is 11.2 Å². The number of nitrogens with one attached hydrogen (secondary N) is 2. The Balaban J connectivity index is 2.41. The van der Waals surface area contributed by atoms with Crippen molar-refractivity contribution in [3.05, 3.63) is 58.4 Å². The predicted molar refractivity (Wildman–Crippen MR) is 107 cm³/mol. The summed E-state index contributed by atoms with van der Waals surface area (Å²) in [6.45, 7) is 0.640. The molecule has 32 heavy (non-hydrogen) atoms. The third-order valence-electron chi connectivity index (χ3n) is 3.90. The van der Waals surface area contributed by atoms with E-state index in [1.54, 1.807) is 6.92 Å². The van der Waals surface area contributed by atoms with Crippen LogP contribution in [-0.4, -0.2) is 48.1 Å². The minimum Gasteiger partial charge on any atom is -0.481 e. The first-order chi connectivity index (χ1) is 15.2. The van der Waals surface area contributed by atoms with E-state index in [1.807, 2.05) is 5.48 Å². The van der Waals surface area contributed by atoms with Gasteiger partial charge in [0, 0.05) is 5.56 Å². The van der Waals surface area contributed by atoms with Crippen LogP contribution in [0.2, 0.25) is 0 Å². The highest BCUT2D eigenvalue weighted by molar-refractivity contribution is 6.01. The number of benzene rings is 2. The van der Waals surface area contributed by atoms with E-state index < -0.39 is 52.7 Å². The number of hydrogen-bond acceptors (Lipinski definition) is 7. The molecule has 0 bridgehead atoms. The molecule has 2 aromatic carbocycles. The van der Waals surface area contributed by atoms with Crippen LogP contribution >= 0.6 is 0 Å². The van der Waals surface area contributed by atoms with Crippen molar-refractivity contribution in [2.24, 2.45) is 5.16 Å². The number of oxime groups is 1. The molecule has 0 saturated carbocycles. The number of nitrogens with zero attached hydrogens (tertiary/aromatic N) is 1. The van der Waals surface area contributed by atoms with E-state index in [-0.39, 0.29) is 25.3 Å². The van der Waals surface area contributed by atoms with Gasteiger partial charge in [-0.2, -0.15) is 0 Å². The molecular formula is C20H20F3N3O6. The molecule has 0 aliphatic rings. The lowest BCUT2D eigenvalue weighted by molar-refractivity contribution is -0.138. The number of carbonyl (C=O) groups is 2. The van der Waals surface area contributed by atoms with Crippen LogP contribution in [0.4, 0.5) is 24.5 Å². The molecule has 0 aliphatic carbocycles. The molecule has 2 aromatic rings. The van der Waals surface area contributed by atoms with Gasteiger partial charge < -0.3 is 20.4 Å². The van der Waals surface area contributed by atoms with Crippen LogP contribution in [0.15, 0.2) is 29.4 Å². The number of aliphatic hydroxyl groups excluding tert-OH is 1. The molecular weight excluding hydrogens is 435 g/mol. The van der Waals surface area contributed by atoms with E-state index in [9.17, 15) is 22.8 Å². The zero-order valence-electron chi connectivity index (χ0n) is 16.8. The zero-order chi connectivity index (χ0) is 23.7. The average molecular weight is 455 g/mol. The third kappa shape index (κ3) is 6.68. The Labute approximate surface area is 180 Å². The topological polar surface area (TPSA) is 129 Å². The Morgan fingerprint density at radius 1 is 1.16 bits per heavy atom. The van der Waals surface area contributed by atoms with Crippen LogP contribution in [0, 0.1) is 24.4 Å². The fraction of sp³-hybridized carbons (Fsp3) is 0.250. The van der Waals surface area contributed by atoms with Gasteiger partial charge in [-0.25, -0.2) is 18.7 Å². The number of amides is 1. The molecule has 0 saturated heterocycles. The lowest BCUT2D eigenvalue weighted by atomic mass is 10.1. The number of rotatable bonds is 11. The monoisotopic (exact) mass is 455 g/mol. The molecule has 0 heterocycles. The quantitative estimate of drug-likeness (QED) is 0.233. The van der Waals surface area contributed by atoms with Crippen molar-refractivity contribution in [3.63, 3.8) is 0 Å². The maximum Gasteiger partial charge on any atom is 0.306 e. The number of hydroxylamine groups is 1. The Morgan fingerprint density at radius 3 is 2.56 bits per heavy atom. The Hall–Kier alpha value is -3.64. The summed E-state index contributed by atoms with van der Waals surface area (Å²) in [4.78, 5) is 32.3. The van der Waals surface area contributed by atoms with Crippen molar-refractivity contribution >= 4 is 29.5 Å². The Kier molecular flexibility index (Phi) is 8.98.